The van der Waals surface area contributed by atoms with Gasteiger partial charge in [-0.2, -0.15) is 24.4 Å². The van der Waals surface area contributed by atoms with Crippen LogP contribution in [0.4, 0.5) is 0 Å². The Kier molecular flexibility index (Phi) is 39.7. The van der Waals surface area contributed by atoms with Gasteiger partial charge in [-0.25, -0.2) is 0 Å². The first-order chi connectivity index (χ1) is 48.5. The molecule has 0 spiro atoms. The first kappa shape index (κ1) is 86.6. The van der Waals surface area contributed by atoms with E-state index >= 15 is 0 Å². The number of likely N-dealkylation sites (tertiary alicyclic amines) is 1. The average molecular weight is 1470 g/mol. The van der Waals surface area contributed by atoms with Crippen molar-refractivity contribution >= 4 is 119 Å². The van der Waals surface area contributed by atoms with Crippen LogP contribution in [0.1, 0.15) is 108 Å². The number of hydrogen-bond acceptors (Lipinski definition) is 20. The fraction of sp³-hybridized carbons (Fsp3) is 0.569. The number of hydrogen-bond donors (Lipinski definition) is 19. The minimum atomic E-state index is -1.70. The maximum absolute atomic E-state index is 14.7. The maximum atomic E-state index is 14.7. The van der Waals surface area contributed by atoms with Crippen molar-refractivity contribution in [2.24, 2.45) is 51.0 Å². The van der Waals surface area contributed by atoms with E-state index in [1.54, 1.807) is 60.7 Å². The van der Waals surface area contributed by atoms with E-state index in [0.717, 1.165) is 0 Å². The Hall–Kier alpha value is -9.62. The van der Waals surface area contributed by atoms with Crippen LogP contribution >= 0.6 is 24.4 Å². The quantitative estimate of drug-likeness (QED) is 0.0127. The summed E-state index contributed by atoms with van der Waals surface area (Å²) in [5.41, 5.74) is 39.9. The summed E-state index contributed by atoms with van der Waals surface area (Å²) in [6.07, 6.45) is 0.887. The summed E-state index contributed by atoms with van der Waals surface area (Å²) in [4.78, 5) is 209. The third-order valence-electron chi connectivity index (χ3n) is 16.0. The SMILES string of the molecule is CSCC[C@H](NC(=O)[C@H](CC(C)C)NC(=O)CNC(=O)[C@H](Cc1ccccc1)NC(=O)[C@H](Cc1ccccc1)NC(=O)[C@H](CCC(N)=O)NC(=O)[C@H](CCC(N)=O)NC(=O)[C@H](CCCCN)NC(=O)[C@@H]1CCCN1C(=O)[C@H](CCCN=C(N)N)NC(=O)[C@H](CS)NC(=O)CNC(=O)CN)C(N)=O. The molecular weight excluding hydrogens is 1360 g/mol. The highest BCUT2D eigenvalue weighted by Crippen LogP contribution is 2.21. The number of primary amides is 3. The summed E-state index contributed by atoms with van der Waals surface area (Å²) in [6.45, 7) is 2.28. The van der Waals surface area contributed by atoms with Crippen LogP contribution in [-0.2, 0) is 84.8 Å². The van der Waals surface area contributed by atoms with Gasteiger partial charge in [0.15, 0.2) is 5.96 Å². The zero-order valence-corrected chi connectivity index (χ0v) is 59.5. The molecule has 10 atom stereocenters. The molecule has 102 heavy (non-hydrogen) atoms. The van der Waals surface area contributed by atoms with Gasteiger partial charge in [-0.1, -0.05) is 74.5 Å². The van der Waals surface area contributed by atoms with Crippen LogP contribution in [0.25, 0.3) is 0 Å². The Labute approximate surface area is 602 Å². The van der Waals surface area contributed by atoms with E-state index in [1.807, 2.05) is 20.1 Å². The predicted octanol–water partition coefficient (Wildman–Crippen LogP) is -6.05. The van der Waals surface area contributed by atoms with Crippen LogP contribution in [0.3, 0.4) is 0 Å². The molecule has 0 bridgehead atoms. The molecule has 1 heterocycles. The molecule has 1 aliphatic rings. The van der Waals surface area contributed by atoms with Crippen molar-refractivity contribution in [1.82, 2.24) is 63.4 Å². The van der Waals surface area contributed by atoms with Gasteiger partial charge in [-0.15, -0.1) is 0 Å². The van der Waals surface area contributed by atoms with Gasteiger partial charge in [0, 0.05) is 44.5 Å². The van der Waals surface area contributed by atoms with Crippen LogP contribution in [0, 0.1) is 5.92 Å². The Morgan fingerprint density at radius 2 is 0.980 bits per heavy atom. The van der Waals surface area contributed by atoms with Crippen LogP contribution < -0.4 is 98.6 Å². The molecule has 0 unspecified atom stereocenters. The van der Waals surface area contributed by atoms with Crippen molar-refractivity contribution in [2.45, 2.75) is 171 Å². The third-order valence-corrected chi connectivity index (χ3v) is 17.0. The number of thioether (sulfide) groups is 1. The standard InChI is InChI=1S/C65H102N20O15S2/c1-37(2)30-45(60(96)78-40(55(70)91)25-29-102-3)76-54(90)35-75-56(92)46(31-38-14-6-4-7-15-38)83-61(97)47(32-39-16-8-5-9-17-39)84-59(95)43(22-24-51(69)87)80-58(94)42(21-23-50(68)86)79-57(93)41(18-10-11-26-66)81-63(99)49-20-13-28-85(49)64(100)44(19-12-27-73-65(71)72)82-62(98)48(36-101)77-53(89)34-74-52(88)33-67/h4-9,14-17,37,40-49,101H,10-13,18-36,66-67H2,1-3H3,(H2,68,86)(H2,69,87)(H2,70,91)(H,74,88)(H,75,92)(H,76,90)(H,77,89)(H,78,96)(H,79,93)(H,80,94)(H,81,99)(H,82,98)(H,83,97)(H,84,95)(H4,71,72,73)/t40-,41-,42-,43-,44-,45-,46-,47-,48-,49-/m0/s1. The monoisotopic (exact) mass is 1470 g/mol. The minimum Gasteiger partial charge on any atom is -0.370 e. The normalized spacial score (nSPS) is 15.1. The molecule has 1 fully saturated rings. The molecular formula is C65H102N20O15S2. The molecule has 3 rings (SSSR count). The molecule has 2 aromatic carbocycles. The van der Waals surface area contributed by atoms with Crippen molar-refractivity contribution in [2.75, 3.05) is 57.0 Å². The summed E-state index contributed by atoms with van der Waals surface area (Å²) in [5.74, 6) is -12.7. The summed E-state index contributed by atoms with van der Waals surface area (Å²) in [7, 11) is 0. The lowest BCUT2D eigenvalue weighted by Crippen LogP contribution is -2.60. The molecule has 15 amide bonds. The number of amides is 15. The Morgan fingerprint density at radius 1 is 0.520 bits per heavy atom. The molecule has 35 nitrogen and oxygen atoms in total. The third kappa shape index (κ3) is 32.8. The topological polar surface area (TPSA) is 586 Å². The lowest BCUT2D eigenvalue weighted by Gasteiger charge is -2.31. The second-order valence-electron chi connectivity index (χ2n) is 24.7. The fourth-order valence-corrected chi connectivity index (χ4v) is 11.3. The van der Waals surface area contributed by atoms with Crippen molar-refractivity contribution in [3.63, 3.8) is 0 Å². The Bertz CT molecular complexity index is 3190. The van der Waals surface area contributed by atoms with Crippen molar-refractivity contribution in [3.05, 3.63) is 71.8 Å². The van der Waals surface area contributed by atoms with E-state index in [9.17, 15) is 71.9 Å². The van der Waals surface area contributed by atoms with Crippen LogP contribution in [0.15, 0.2) is 65.7 Å². The number of nitrogens with one attached hydrogen (secondary N) is 11. The largest absolute Gasteiger partial charge is 0.370 e. The van der Waals surface area contributed by atoms with Crippen LogP contribution in [-0.4, -0.2) is 217 Å². The van der Waals surface area contributed by atoms with Gasteiger partial charge in [-0.05, 0) is 106 Å². The number of carbonyl (C=O) groups excluding carboxylic acids is 15. The van der Waals surface area contributed by atoms with E-state index in [0.29, 0.717) is 29.7 Å². The number of aliphatic imine (C=N–C) groups is 1. The van der Waals surface area contributed by atoms with Crippen molar-refractivity contribution in [1.29, 1.82) is 0 Å². The summed E-state index contributed by atoms with van der Waals surface area (Å²) >= 11 is 5.63. The van der Waals surface area contributed by atoms with E-state index in [1.165, 1.54) is 16.7 Å². The molecule has 25 N–H and O–H groups in total. The molecule has 0 aromatic heterocycles. The molecule has 564 valence electrons. The number of rotatable bonds is 48. The number of guanidine groups is 1. The fourth-order valence-electron chi connectivity index (χ4n) is 10.6. The zero-order valence-electron chi connectivity index (χ0n) is 57.8. The molecule has 1 aliphatic heterocycles. The first-order valence-electron chi connectivity index (χ1n) is 33.6. The van der Waals surface area contributed by atoms with Gasteiger partial charge in [0.25, 0.3) is 0 Å². The summed E-state index contributed by atoms with van der Waals surface area (Å²) in [5, 5.41) is 28.1. The number of thiol groups is 1. The molecule has 1 saturated heterocycles. The van der Waals surface area contributed by atoms with Gasteiger partial charge in [-0.3, -0.25) is 76.9 Å². The second-order valence-corrected chi connectivity index (χ2v) is 26.0. The van der Waals surface area contributed by atoms with Gasteiger partial charge in [0.2, 0.25) is 88.6 Å². The molecule has 0 aliphatic carbocycles. The molecule has 0 saturated carbocycles. The number of nitrogens with two attached hydrogens (primary N) is 7. The predicted molar refractivity (Wildman–Crippen MR) is 383 cm³/mol. The first-order valence-corrected chi connectivity index (χ1v) is 35.6. The van der Waals surface area contributed by atoms with Gasteiger partial charge in [0.05, 0.1) is 19.6 Å². The highest BCUT2D eigenvalue weighted by atomic mass is 32.2. The number of nitrogens with zero attached hydrogens (tertiary/aromatic N) is 2. The van der Waals surface area contributed by atoms with E-state index in [-0.39, 0.29) is 95.1 Å². The smallest absolute Gasteiger partial charge is 0.245 e. The Morgan fingerprint density at radius 3 is 1.47 bits per heavy atom. The summed E-state index contributed by atoms with van der Waals surface area (Å²) in [6, 6.07) is 3.04. The second kappa shape index (κ2) is 46.7. The van der Waals surface area contributed by atoms with E-state index in [2.05, 4.69) is 76.1 Å². The van der Waals surface area contributed by atoms with E-state index in [4.69, 9.17) is 40.1 Å². The maximum Gasteiger partial charge on any atom is 0.245 e. The lowest BCUT2D eigenvalue weighted by molar-refractivity contribution is -0.142. The number of unbranched alkanes of at least 4 members (excludes halogenated alkanes) is 1. The lowest BCUT2D eigenvalue weighted by atomic mass is 10.0. The van der Waals surface area contributed by atoms with Gasteiger partial charge < -0.3 is 104 Å². The van der Waals surface area contributed by atoms with Crippen molar-refractivity contribution < 1.29 is 71.9 Å². The van der Waals surface area contributed by atoms with E-state index < -0.39 is 194 Å². The minimum absolute atomic E-state index is 0.0201. The molecule has 0 radical (unpaired) electrons. The van der Waals surface area contributed by atoms with Crippen LogP contribution in [0.2, 0.25) is 0 Å². The highest BCUT2D eigenvalue weighted by molar-refractivity contribution is 7.98. The summed E-state index contributed by atoms with van der Waals surface area (Å²) < 4.78 is 0. The molecule has 2 aromatic rings. The molecule has 37 heteroatoms. The van der Waals surface area contributed by atoms with Gasteiger partial charge in [0.1, 0.15) is 60.4 Å². The van der Waals surface area contributed by atoms with Crippen LogP contribution in [0.5, 0.6) is 0 Å². The average Bonchev–Trinajstić information content (AvgIpc) is 1.59. The number of carbonyl (C=O) groups is 15. The van der Waals surface area contributed by atoms with Gasteiger partial charge >= 0.3 is 0 Å². The highest BCUT2D eigenvalue weighted by Gasteiger charge is 2.41. The van der Waals surface area contributed by atoms with Crippen molar-refractivity contribution in [3.8, 4) is 0 Å². The Balaban J connectivity index is 1.95. The zero-order chi connectivity index (χ0) is 75.8. The number of benzene rings is 2.